The van der Waals surface area contributed by atoms with E-state index in [1.54, 1.807) is 0 Å². The van der Waals surface area contributed by atoms with E-state index in [9.17, 15) is 0 Å². The maximum atomic E-state index is 2.18. The minimum atomic E-state index is 0. The first-order valence-electron chi connectivity index (χ1n) is 6.82. The van der Waals surface area contributed by atoms with Gasteiger partial charge in [0.25, 0.3) is 0 Å². The smallest absolute Gasteiger partial charge is 0.0616 e. The zero-order chi connectivity index (χ0) is 13.6. The van der Waals surface area contributed by atoms with Crippen molar-refractivity contribution in [2.75, 3.05) is 0 Å². The van der Waals surface area contributed by atoms with Gasteiger partial charge in [-0.3, -0.25) is 0 Å². The zero-order valence-corrected chi connectivity index (χ0v) is 12.7. The second kappa shape index (κ2) is 8.61. The van der Waals surface area contributed by atoms with Gasteiger partial charge in [-0.1, -0.05) is 42.5 Å². The number of rotatable bonds is 1. The molecular weight excluding hydrogens is 296 g/mol. The fraction of sp³-hybridized carbons (Fsp3) is 0. The summed E-state index contributed by atoms with van der Waals surface area (Å²) < 4.78 is 0. The first-order chi connectivity index (χ1) is 9.95. The zero-order valence-electron chi connectivity index (χ0n) is 11.6. The fourth-order valence-corrected chi connectivity index (χ4v) is 2.35. The van der Waals surface area contributed by atoms with Crippen molar-refractivity contribution < 1.29 is 17.1 Å². The number of hydrogen-bond acceptors (Lipinski definition) is 0. The van der Waals surface area contributed by atoms with E-state index < -0.39 is 0 Å². The molecule has 0 unspecified atom stereocenters. The minimum absolute atomic E-state index is 0. The van der Waals surface area contributed by atoms with Gasteiger partial charge in [-0.15, -0.1) is 0 Å². The Morgan fingerprint density at radius 3 is 1.76 bits per heavy atom. The molecule has 0 bridgehead atoms. The number of benzene rings is 2. The summed E-state index contributed by atoms with van der Waals surface area (Å²) >= 11 is 0. The molecule has 2 saturated carbocycles. The van der Waals surface area contributed by atoms with E-state index in [1.807, 2.05) is 32.1 Å². The van der Waals surface area contributed by atoms with Crippen LogP contribution >= 0.6 is 0 Å². The Hall–Kier alpha value is -0.781. The van der Waals surface area contributed by atoms with Crippen LogP contribution in [0.25, 0.3) is 10.8 Å². The van der Waals surface area contributed by atoms with Gasteiger partial charge in [0.05, 0.1) is 0 Å². The Morgan fingerprint density at radius 2 is 1.10 bits per heavy atom. The first kappa shape index (κ1) is 16.6. The predicted molar refractivity (Wildman–Crippen MR) is 85.0 cm³/mol. The third-order valence-electron chi connectivity index (χ3n) is 3.32. The van der Waals surface area contributed by atoms with Crippen molar-refractivity contribution in [1.82, 2.24) is 0 Å². The molecule has 10 radical (unpaired) electrons. The summed E-state index contributed by atoms with van der Waals surface area (Å²) in [4.78, 5) is 0. The summed E-state index contributed by atoms with van der Waals surface area (Å²) in [5, 5.41) is 2.63. The van der Waals surface area contributed by atoms with E-state index in [0.29, 0.717) is 0 Å². The van der Waals surface area contributed by atoms with Crippen LogP contribution in [0.2, 0.25) is 0 Å². The molecule has 0 aliphatic heterocycles. The molecule has 0 amide bonds. The van der Waals surface area contributed by atoms with Crippen molar-refractivity contribution in [1.29, 1.82) is 0 Å². The van der Waals surface area contributed by atoms with Crippen LogP contribution in [0.3, 0.4) is 0 Å². The van der Waals surface area contributed by atoms with Gasteiger partial charge in [0.2, 0.25) is 0 Å². The molecule has 1 heteroatoms. The Balaban J connectivity index is 0.000000231. The van der Waals surface area contributed by atoms with Crippen molar-refractivity contribution in [3.05, 3.63) is 112 Å². The van der Waals surface area contributed by atoms with E-state index in [-0.39, 0.29) is 17.1 Å². The van der Waals surface area contributed by atoms with Crippen LogP contribution in [0.5, 0.6) is 0 Å². The van der Waals surface area contributed by atoms with Gasteiger partial charge in [-0.2, -0.15) is 0 Å². The Bertz CT molecular complexity index is 523. The largest absolute Gasteiger partial charge is 2.00 e. The van der Waals surface area contributed by atoms with Crippen molar-refractivity contribution in [3.8, 4) is 0 Å². The summed E-state index contributed by atoms with van der Waals surface area (Å²) in [6.45, 7) is 0. The molecule has 0 N–H and O–H groups in total. The number of fused-ring (bicyclic) bond motifs is 1. The molecule has 0 saturated heterocycles. The van der Waals surface area contributed by atoms with E-state index in [2.05, 4.69) is 68.1 Å². The molecule has 2 aliphatic carbocycles. The summed E-state index contributed by atoms with van der Waals surface area (Å²) in [5.41, 5.74) is 1.32. The van der Waals surface area contributed by atoms with Crippen molar-refractivity contribution in [2.24, 2.45) is 0 Å². The van der Waals surface area contributed by atoms with E-state index >= 15 is 0 Å². The molecular formula is C20H16Fe+2. The maximum absolute atomic E-state index is 2.18. The van der Waals surface area contributed by atoms with Gasteiger partial charge >= 0.3 is 17.1 Å². The van der Waals surface area contributed by atoms with Crippen molar-refractivity contribution in [2.45, 2.75) is 0 Å². The summed E-state index contributed by atoms with van der Waals surface area (Å²) in [7, 11) is 0. The number of hydrogen-bond donors (Lipinski definition) is 0. The molecule has 102 valence electrons. The average Bonchev–Trinajstić information content (AvgIpc) is 3.22. The Labute approximate surface area is 139 Å². The Kier molecular flexibility index (Phi) is 6.80. The van der Waals surface area contributed by atoms with Crippen molar-refractivity contribution >= 4 is 10.8 Å². The predicted octanol–water partition coefficient (Wildman–Crippen LogP) is 4.61. The summed E-state index contributed by atoms with van der Waals surface area (Å²) in [5.74, 6) is 1.30. The molecule has 2 aromatic carbocycles. The van der Waals surface area contributed by atoms with Crippen LogP contribution in [-0.4, -0.2) is 0 Å². The van der Waals surface area contributed by atoms with Crippen LogP contribution in [-0.2, 0) is 17.1 Å². The van der Waals surface area contributed by atoms with Crippen LogP contribution in [0.15, 0.2) is 42.5 Å². The first-order valence-corrected chi connectivity index (χ1v) is 6.82. The van der Waals surface area contributed by atoms with Gasteiger partial charge in [0.15, 0.2) is 0 Å². The molecule has 0 aromatic heterocycles. The minimum Gasteiger partial charge on any atom is -0.0616 e. The molecule has 0 nitrogen and oxygen atoms in total. The van der Waals surface area contributed by atoms with Crippen LogP contribution in [0.1, 0.15) is 5.56 Å². The molecule has 0 spiro atoms. The van der Waals surface area contributed by atoms with Gasteiger partial charge < -0.3 is 0 Å². The van der Waals surface area contributed by atoms with Gasteiger partial charge in [-0.25, -0.2) is 0 Å². The normalized spacial score (nSPS) is 18.1. The van der Waals surface area contributed by atoms with Gasteiger partial charge in [-0.05, 0) is 74.1 Å². The van der Waals surface area contributed by atoms with Gasteiger partial charge in [0.1, 0.15) is 0 Å². The quantitative estimate of drug-likeness (QED) is 0.675. The second-order valence-corrected chi connectivity index (χ2v) is 4.66. The molecule has 2 aromatic rings. The van der Waals surface area contributed by atoms with E-state index in [1.165, 1.54) is 22.3 Å². The Morgan fingerprint density at radius 1 is 0.524 bits per heavy atom. The standard InChI is InChI=1S/C15H11.C5H5.Fe/c1-2-7-12(6-1)15-11-5-9-13-8-3-4-10-14(13)15;1-2-4-5-3-1;/h1-11H;1-5H;/q;;+2. The molecule has 0 atom stereocenters. The third kappa shape index (κ3) is 4.34. The molecule has 21 heavy (non-hydrogen) atoms. The van der Waals surface area contributed by atoms with Crippen molar-refractivity contribution in [3.63, 3.8) is 0 Å². The van der Waals surface area contributed by atoms with E-state index in [0.717, 1.165) is 0 Å². The van der Waals surface area contributed by atoms with E-state index in [4.69, 9.17) is 0 Å². The molecule has 2 fully saturated rings. The van der Waals surface area contributed by atoms with Crippen LogP contribution in [0, 0.1) is 63.7 Å². The van der Waals surface area contributed by atoms with Crippen LogP contribution in [0.4, 0.5) is 0 Å². The molecule has 2 aliphatic rings. The van der Waals surface area contributed by atoms with Gasteiger partial charge in [0, 0.05) is 5.92 Å². The summed E-state index contributed by atoms with van der Waals surface area (Å²) in [6.07, 6.45) is 18.5. The van der Waals surface area contributed by atoms with Crippen LogP contribution < -0.4 is 0 Å². The SMILES string of the molecule is [CH]1[CH][CH][CH][CH]1.[CH]1[CH][CH][C](c2cccc3ccccc23)[CH]1.[Fe+2]. The summed E-state index contributed by atoms with van der Waals surface area (Å²) in [6, 6.07) is 15.0. The fourth-order valence-electron chi connectivity index (χ4n) is 2.35. The second-order valence-electron chi connectivity index (χ2n) is 4.66. The average molecular weight is 312 g/mol. The monoisotopic (exact) mass is 312 g/mol. The molecule has 0 heterocycles. The third-order valence-corrected chi connectivity index (χ3v) is 3.32. The topological polar surface area (TPSA) is 0 Å². The maximum Gasteiger partial charge on any atom is 2.00 e. The molecule has 4 rings (SSSR count).